The number of nitrogens with one attached hydrogen (secondary N) is 1. The molecule has 1 heterocycles. The van der Waals surface area contributed by atoms with Crippen molar-refractivity contribution in [3.8, 4) is 0 Å². The maximum atomic E-state index is 12.4. The highest BCUT2D eigenvalue weighted by Crippen LogP contribution is 2.25. The van der Waals surface area contributed by atoms with E-state index in [2.05, 4.69) is 5.32 Å². The lowest BCUT2D eigenvalue weighted by Gasteiger charge is -2.19. The molecule has 1 fully saturated rings. The Hall–Kier alpha value is -0.250. The Balaban J connectivity index is 2.45. The van der Waals surface area contributed by atoms with Gasteiger partial charge >= 0.3 is 0 Å². The van der Waals surface area contributed by atoms with Crippen LogP contribution in [0.4, 0.5) is 13.2 Å². The normalized spacial score (nSPS) is 27.3. The maximum absolute atomic E-state index is 12.4. The molecule has 0 amide bonds. The Kier molecular flexibility index (Phi) is 2.18. The Labute approximate surface area is 57.6 Å². The van der Waals surface area contributed by atoms with Gasteiger partial charge in [0.05, 0.1) is 6.04 Å². The lowest BCUT2D eigenvalue weighted by atomic mass is 10.1. The van der Waals surface area contributed by atoms with Crippen LogP contribution in [-0.2, 0) is 0 Å². The monoisotopic (exact) mass is 153 g/mol. The van der Waals surface area contributed by atoms with E-state index in [0.29, 0.717) is 13.0 Å². The smallest absolute Gasteiger partial charge is 0.290 e. The van der Waals surface area contributed by atoms with E-state index >= 15 is 0 Å². The van der Waals surface area contributed by atoms with E-state index in [-0.39, 0.29) is 0 Å². The minimum Gasteiger partial charge on any atom is -0.309 e. The van der Waals surface area contributed by atoms with Gasteiger partial charge in [-0.05, 0) is 19.4 Å². The molecule has 1 N–H and O–H groups in total. The van der Waals surface area contributed by atoms with E-state index in [1.165, 1.54) is 0 Å². The summed E-state index contributed by atoms with van der Waals surface area (Å²) in [6, 6.07) is -0.933. The molecule has 1 aliphatic heterocycles. The number of hydrogen-bond donors (Lipinski definition) is 1. The zero-order chi connectivity index (χ0) is 7.61. The quantitative estimate of drug-likeness (QED) is 0.631. The van der Waals surface area contributed by atoms with Crippen molar-refractivity contribution in [2.45, 2.75) is 24.8 Å². The Bertz CT molecular complexity index is 110. The molecule has 1 nitrogen and oxygen atoms in total. The van der Waals surface area contributed by atoms with Crippen LogP contribution in [0.25, 0.3) is 0 Å². The molecule has 0 aromatic carbocycles. The summed E-state index contributed by atoms with van der Waals surface area (Å²) in [5.74, 6) is -3.16. The molecule has 1 saturated heterocycles. The van der Waals surface area contributed by atoms with Crippen LogP contribution in [0.15, 0.2) is 0 Å². The Morgan fingerprint density at radius 3 is 2.60 bits per heavy atom. The third kappa shape index (κ3) is 1.42. The highest BCUT2D eigenvalue weighted by atomic mass is 19.3. The molecule has 1 aliphatic rings. The van der Waals surface area contributed by atoms with Crippen LogP contribution in [0.1, 0.15) is 12.8 Å². The van der Waals surface area contributed by atoms with Gasteiger partial charge in [0, 0.05) is 0 Å². The molecule has 0 aromatic rings. The lowest BCUT2D eigenvalue weighted by Crippen LogP contribution is -2.42. The zero-order valence-electron chi connectivity index (χ0n) is 5.54. The van der Waals surface area contributed by atoms with E-state index in [1.807, 2.05) is 0 Å². The molecule has 4 heteroatoms. The predicted molar refractivity (Wildman–Crippen MR) is 31.9 cm³/mol. The molecule has 0 saturated carbocycles. The Morgan fingerprint density at radius 2 is 2.20 bits per heavy atom. The van der Waals surface area contributed by atoms with Crippen molar-refractivity contribution >= 4 is 0 Å². The number of hydrogen-bond acceptors (Lipinski definition) is 1. The second kappa shape index (κ2) is 2.78. The van der Waals surface area contributed by atoms with Gasteiger partial charge in [-0.2, -0.15) is 0 Å². The summed E-state index contributed by atoms with van der Waals surface area (Å²) in [4.78, 5) is 0. The highest BCUT2D eigenvalue weighted by Gasteiger charge is 2.40. The van der Waals surface area contributed by atoms with Crippen molar-refractivity contribution in [1.29, 1.82) is 0 Å². The Morgan fingerprint density at radius 1 is 1.50 bits per heavy atom. The molecule has 10 heavy (non-hydrogen) atoms. The highest BCUT2D eigenvalue weighted by molar-refractivity contribution is 4.86. The summed E-state index contributed by atoms with van der Waals surface area (Å²) in [7, 11) is 0. The topological polar surface area (TPSA) is 12.0 Å². The van der Waals surface area contributed by atoms with Gasteiger partial charge in [-0.25, -0.2) is 13.2 Å². The molecule has 1 unspecified atom stereocenters. The second-order valence-electron chi connectivity index (χ2n) is 2.54. The zero-order valence-corrected chi connectivity index (χ0v) is 5.54. The van der Waals surface area contributed by atoms with Crippen LogP contribution in [0.3, 0.4) is 0 Å². The van der Waals surface area contributed by atoms with Crippen LogP contribution in [-0.4, -0.2) is 25.2 Å². The third-order valence-corrected chi connectivity index (χ3v) is 1.75. The molecule has 1 atom stereocenters. The second-order valence-corrected chi connectivity index (χ2v) is 2.54. The van der Waals surface area contributed by atoms with Crippen molar-refractivity contribution in [3.63, 3.8) is 0 Å². The molecule has 1 rings (SSSR count). The van der Waals surface area contributed by atoms with Crippen LogP contribution in [0, 0.1) is 0 Å². The lowest BCUT2D eigenvalue weighted by molar-refractivity contribution is -0.0511. The average Bonchev–Trinajstić information content (AvgIpc) is 2.38. The van der Waals surface area contributed by atoms with Crippen LogP contribution in [0.5, 0.6) is 0 Å². The molecular weight excluding hydrogens is 143 g/mol. The molecule has 60 valence electrons. The summed E-state index contributed by atoms with van der Waals surface area (Å²) < 4.78 is 36.5. The number of rotatable bonds is 2. The van der Waals surface area contributed by atoms with Crippen molar-refractivity contribution in [2.24, 2.45) is 0 Å². The minimum atomic E-state index is -3.16. The fourth-order valence-corrected chi connectivity index (χ4v) is 1.14. The molecule has 0 spiro atoms. The van der Waals surface area contributed by atoms with Crippen molar-refractivity contribution in [2.75, 3.05) is 13.2 Å². The molecular formula is C6H10F3N. The first-order chi connectivity index (χ1) is 4.67. The van der Waals surface area contributed by atoms with Gasteiger partial charge in [-0.3, -0.25) is 0 Å². The first-order valence-corrected chi connectivity index (χ1v) is 3.34. The van der Waals surface area contributed by atoms with E-state index in [0.717, 1.165) is 6.42 Å². The van der Waals surface area contributed by atoms with Gasteiger partial charge in [0.1, 0.15) is 0 Å². The fraction of sp³-hybridized carbons (Fsp3) is 1.00. The summed E-state index contributed by atoms with van der Waals surface area (Å²) in [6.07, 6.45) is 1.11. The van der Waals surface area contributed by atoms with Gasteiger partial charge in [-0.1, -0.05) is 0 Å². The average molecular weight is 153 g/mol. The largest absolute Gasteiger partial charge is 0.309 e. The summed E-state index contributed by atoms with van der Waals surface area (Å²) in [5, 5.41) is 2.56. The van der Waals surface area contributed by atoms with Crippen LogP contribution in [0.2, 0.25) is 0 Å². The molecule has 0 bridgehead atoms. The minimum absolute atomic E-state index is 0.386. The van der Waals surface area contributed by atoms with E-state index in [4.69, 9.17) is 0 Å². The third-order valence-electron chi connectivity index (χ3n) is 1.75. The number of halogens is 3. The molecule has 0 radical (unpaired) electrons. The van der Waals surface area contributed by atoms with E-state index in [1.54, 1.807) is 0 Å². The van der Waals surface area contributed by atoms with Crippen LogP contribution < -0.4 is 5.32 Å². The standard InChI is InChI=1S/C6H10F3N/c7-4-6(8,9)5-2-1-3-10-5/h5,10H,1-4H2. The predicted octanol–water partition coefficient (Wildman–Crippen LogP) is 1.34. The molecule has 0 aromatic heterocycles. The first-order valence-electron chi connectivity index (χ1n) is 3.34. The molecule has 0 aliphatic carbocycles. The van der Waals surface area contributed by atoms with Crippen molar-refractivity contribution in [3.05, 3.63) is 0 Å². The summed E-state index contributed by atoms with van der Waals surface area (Å²) >= 11 is 0. The van der Waals surface area contributed by atoms with Gasteiger partial charge < -0.3 is 5.32 Å². The van der Waals surface area contributed by atoms with Gasteiger partial charge in [0.2, 0.25) is 0 Å². The fourth-order valence-electron chi connectivity index (χ4n) is 1.14. The summed E-state index contributed by atoms with van der Waals surface area (Å²) in [6.45, 7) is -0.967. The summed E-state index contributed by atoms with van der Waals surface area (Å²) in [5.41, 5.74) is 0. The maximum Gasteiger partial charge on any atom is 0.290 e. The number of alkyl halides is 3. The van der Waals surface area contributed by atoms with Gasteiger partial charge in [0.25, 0.3) is 5.92 Å². The van der Waals surface area contributed by atoms with Crippen LogP contribution >= 0.6 is 0 Å². The van der Waals surface area contributed by atoms with Crippen molar-refractivity contribution in [1.82, 2.24) is 5.32 Å². The van der Waals surface area contributed by atoms with Gasteiger partial charge in [-0.15, -0.1) is 0 Å². The van der Waals surface area contributed by atoms with E-state index < -0.39 is 18.6 Å². The van der Waals surface area contributed by atoms with E-state index in [9.17, 15) is 13.2 Å². The first kappa shape index (κ1) is 7.85. The van der Waals surface area contributed by atoms with Crippen molar-refractivity contribution < 1.29 is 13.2 Å². The van der Waals surface area contributed by atoms with Gasteiger partial charge in [0.15, 0.2) is 6.67 Å². The SMILES string of the molecule is FCC(F)(F)C1CCCN1.